The molecule has 1 aromatic carbocycles. The smallest absolute Gasteiger partial charge is 0.274 e. The summed E-state index contributed by atoms with van der Waals surface area (Å²) in [6.45, 7) is 4.63. The van der Waals surface area contributed by atoms with Gasteiger partial charge in [-0.3, -0.25) is 4.79 Å². The molecule has 1 N–H and O–H groups in total. The van der Waals surface area contributed by atoms with Crippen LogP contribution in [-0.4, -0.2) is 54.4 Å². The highest BCUT2D eigenvalue weighted by atomic mass is 35.5. The Bertz CT molecular complexity index is 739. The number of hydrogen-bond acceptors (Lipinski definition) is 4. The Morgan fingerprint density at radius 2 is 2.04 bits per heavy atom. The second-order valence-electron chi connectivity index (χ2n) is 6.61. The zero-order chi connectivity index (χ0) is 17.8. The predicted octanol–water partition coefficient (Wildman–Crippen LogP) is 2.68. The van der Waals surface area contributed by atoms with Crippen molar-refractivity contribution in [2.45, 2.75) is 19.8 Å². The zero-order valence-electron chi connectivity index (χ0n) is 15.6. The maximum absolute atomic E-state index is 12.7. The first kappa shape index (κ1) is 20.3. The van der Waals surface area contributed by atoms with Gasteiger partial charge in [-0.1, -0.05) is 6.07 Å². The molecule has 2 aromatic rings. The second kappa shape index (κ2) is 9.05. The van der Waals surface area contributed by atoms with Crippen molar-refractivity contribution in [2.24, 2.45) is 5.92 Å². The van der Waals surface area contributed by atoms with Crippen LogP contribution < -0.4 is 10.1 Å². The maximum Gasteiger partial charge on any atom is 0.274 e. The van der Waals surface area contributed by atoms with Gasteiger partial charge in [0.15, 0.2) is 5.69 Å². The van der Waals surface area contributed by atoms with Gasteiger partial charge in [0.1, 0.15) is 11.4 Å². The third kappa shape index (κ3) is 4.37. The first-order valence-electron chi connectivity index (χ1n) is 8.77. The van der Waals surface area contributed by atoms with Crippen LogP contribution in [0.15, 0.2) is 30.5 Å². The number of nitrogens with zero attached hydrogens (tertiary/aromatic N) is 3. The summed E-state index contributed by atoms with van der Waals surface area (Å²) in [6, 6.07) is 7.70. The fraction of sp³-hybridized carbons (Fsp3) is 0.474. The van der Waals surface area contributed by atoms with Gasteiger partial charge in [0.25, 0.3) is 5.91 Å². The first-order valence-corrected chi connectivity index (χ1v) is 8.77. The summed E-state index contributed by atoms with van der Waals surface area (Å²) in [6.07, 6.45) is 3.90. The van der Waals surface area contributed by atoms with Crippen LogP contribution >= 0.6 is 12.4 Å². The molecule has 0 bridgehead atoms. The molecular formula is C19H27ClN4O2. The molecule has 3 rings (SSSR count). The lowest BCUT2D eigenvalue weighted by atomic mass is 9.97. The van der Waals surface area contributed by atoms with Gasteiger partial charge >= 0.3 is 0 Å². The zero-order valence-corrected chi connectivity index (χ0v) is 16.4. The van der Waals surface area contributed by atoms with Crippen LogP contribution in [0.4, 0.5) is 0 Å². The molecule has 1 aliphatic heterocycles. The number of methoxy groups -OCH3 is 1. The van der Waals surface area contributed by atoms with Gasteiger partial charge in [0.05, 0.1) is 7.11 Å². The van der Waals surface area contributed by atoms with Gasteiger partial charge < -0.3 is 15.0 Å². The SMILES string of the molecule is CNCC1CCN(C(=O)c2ccn(-c3cc(C)ccc3OC)n2)CC1.Cl. The van der Waals surface area contributed by atoms with E-state index >= 15 is 0 Å². The molecule has 6 nitrogen and oxygen atoms in total. The number of ether oxygens (including phenoxy) is 1. The minimum Gasteiger partial charge on any atom is -0.494 e. The molecule has 7 heteroatoms. The quantitative estimate of drug-likeness (QED) is 0.869. The molecule has 1 aromatic heterocycles. The van der Waals surface area contributed by atoms with E-state index < -0.39 is 0 Å². The van der Waals surface area contributed by atoms with E-state index in [9.17, 15) is 4.79 Å². The number of carbonyl (C=O) groups excluding carboxylic acids is 1. The minimum absolute atomic E-state index is 0. The topological polar surface area (TPSA) is 59.4 Å². The molecule has 142 valence electrons. The molecule has 0 unspecified atom stereocenters. The number of hydrogen-bond donors (Lipinski definition) is 1. The van der Waals surface area contributed by atoms with Crippen molar-refractivity contribution in [3.63, 3.8) is 0 Å². The number of carbonyl (C=O) groups is 1. The van der Waals surface area contributed by atoms with Crippen molar-refractivity contribution in [1.82, 2.24) is 20.0 Å². The Labute approximate surface area is 160 Å². The number of aryl methyl sites for hydroxylation is 1. The molecule has 26 heavy (non-hydrogen) atoms. The number of piperidine rings is 1. The number of aromatic nitrogens is 2. The van der Waals surface area contributed by atoms with Gasteiger partial charge in [-0.05, 0) is 63.0 Å². The summed E-state index contributed by atoms with van der Waals surface area (Å²) in [5.74, 6) is 1.40. The number of amides is 1. The number of likely N-dealkylation sites (tertiary alicyclic amines) is 1. The standard InChI is InChI=1S/C19H26N4O2.ClH/c1-14-4-5-18(25-3)17(12-14)23-11-8-16(21-23)19(24)22-9-6-15(7-10-22)13-20-2;/h4-5,8,11-12,15,20H,6-7,9-10,13H2,1-3H3;1H. The Hall–Kier alpha value is -2.05. The third-order valence-electron chi connectivity index (χ3n) is 4.78. The van der Waals surface area contributed by atoms with E-state index in [1.165, 1.54) is 0 Å². The molecule has 1 amide bonds. The van der Waals surface area contributed by atoms with Crippen LogP contribution in [0.25, 0.3) is 5.69 Å². The van der Waals surface area contributed by atoms with Crippen LogP contribution in [0.3, 0.4) is 0 Å². The highest BCUT2D eigenvalue weighted by Crippen LogP contribution is 2.24. The van der Waals surface area contributed by atoms with Crippen LogP contribution in [0, 0.1) is 12.8 Å². The lowest BCUT2D eigenvalue weighted by Gasteiger charge is -2.31. The molecule has 1 fully saturated rings. The summed E-state index contributed by atoms with van der Waals surface area (Å²) >= 11 is 0. The van der Waals surface area contributed by atoms with Crippen LogP contribution in [0.1, 0.15) is 28.9 Å². The van der Waals surface area contributed by atoms with E-state index in [1.54, 1.807) is 17.9 Å². The molecule has 0 aliphatic carbocycles. The summed E-state index contributed by atoms with van der Waals surface area (Å²) < 4.78 is 7.13. The Morgan fingerprint density at radius 3 is 2.69 bits per heavy atom. The Morgan fingerprint density at radius 1 is 1.31 bits per heavy atom. The monoisotopic (exact) mass is 378 g/mol. The number of benzene rings is 1. The van der Waals surface area contributed by atoms with E-state index in [0.29, 0.717) is 11.6 Å². The molecule has 2 heterocycles. The van der Waals surface area contributed by atoms with Crippen molar-refractivity contribution in [2.75, 3.05) is 33.8 Å². The summed E-state index contributed by atoms with van der Waals surface area (Å²) in [7, 11) is 3.61. The highest BCUT2D eigenvalue weighted by Gasteiger charge is 2.24. The van der Waals surface area contributed by atoms with E-state index in [0.717, 1.165) is 49.5 Å². The summed E-state index contributed by atoms with van der Waals surface area (Å²) in [4.78, 5) is 14.6. The van der Waals surface area contributed by atoms with Gasteiger partial charge in [-0.25, -0.2) is 4.68 Å². The third-order valence-corrected chi connectivity index (χ3v) is 4.78. The largest absolute Gasteiger partial charge is 0.494 e. The molecular weight excluding hydrogens is 352 g/mol. The lowest BCUT2D eigenvalue weighted by Crippen LogP contribution is -2.40. The minimum atomic E-state index is 0. The molecule has 1 aliphatic rings. The predicted molar refractivity (Wildman–Crippen MR) is 105 cm³/mol. The van der Waals surface area contributed by atoms with Gasteiger partial charge in [-0.2, -0.15) is 5.10 Å². The van der Waals surface area contributed by atoms with E-state index in [-0.39, 0.29) is 18.3 Å². The highest BCUT2D eigenvalue weighted by molar-refractivity contribution is 5.92. The molecule has 0 spiro atoms. The fourth-order valence-electron chi connectivity index (χ4n) is 3.34. The van der Waals surface area contributed by atoms with Crippen LogP contribution in [0.5, 0.6) is 5.75 Å². The van der Waals surface area contributed by atoms with E-state index in [1.807, 2.05) is 43.3 Å². The van der Waals surface area contributed by atoms with Crippen LogP contribution in [-0.2, 0) is 0 Å². The van der Waals surface area contributed by atoms with Gasteiger partial charge in [0.2, 0.25) is 0 Å². The number of rotatable bonds is 5. The lowest BCUT2D eigenvalue weighted by molar-refractivity contribution is 0.0684. The van der Waals surface area contributed by atoms with Crippen LogP contribution in [0.2, 0.25) is 0 Å². The number of nitrogens with one attached hydrogen (secondary N) is 1. The van der Waals surface area contributed by atoms with E-state index in [2.05, 4.69) is 10.4 Å². The summed E-state index contributed by atoms with van der Waals surface area (Å²) in [5, 5.41) is 7.71. The Kier molecular flexibility index (Phi) is 7.06. The normalized spacial score (nSPS) is 14.8. The first-order chi connectivity index (χ1) is 12.1. The Balaban J connectivity index is 0.00000243. The summed E-state index contributed by atoms with van der Waals surface area (Å²) in [5.41, 5.74) is 2.44. The van der Waals surface area contributed by atoms with Crippen molar-refractivity contribution in [3.8, 4) is 11.4 Å². The molecule has 0 radical (unpaired) electrons. The van der Waals surface area contributed by atoms with Crippen molar-refractivity contribution < 1.29 is 9.53 Å². The molecule has 0 atom stereocenters. The van der Waals surface area contributed by atoms with E-state index in [4.69, 9.17) is 4.74 Å². The maximum atomic E-state index is 12.7. The van der Waals surface area contributed by atoms with Gasteiger partial charge in [-0.15, -0.1) is 12.4 Å². The average molecular weight is 379 g/mol. The second-order valence-corrected chi connectivity index (χ2v) is 6.61. The molecule has 0 saturated carbocycles. The average Bonchev–Trinajstić information content (AvgIpc) is 3.12. The van der Waals surface area contributed by atoms with Crippen molar-refractivity contribution in [3.05, 3.63) is 41.7 Å². The van der Waals surface area contributed by atoms with Crippen molar-refractivity contribution >= 4 is 18.3 Å². The van der Waals surface area contributed by atoms with Gasteiger partial charge in [0, 0.05) is 19.3 Å². The van der Waals surface area contributed by atoms with Crippen molar-refractivity contribution in [1.29, 1.82) is 0 Å². The fourth-order valence-corrected chi connectivity index (χ4v) is 3.34. The number of halogens is 1. The molecule has 1 saturated heterocycles.